The third-order valence-corrected chi connectivity index (χ3v) is 8.33. The molecule has 0 unspecified atom stereocenters. The van der Waals surface area contributed by atoms with Crippen LogP contribution in [0, 0.1) is 0 Å². The summed E-state index contributed by atoms with van der Waals surface area (Å²) in [6.07, 6.45) is 0. The Morgan fingerprint density at radius 2 is 0.911 bits per heavy atom. The van der Waals surface area contributed by atoms with Crippen molar-refractivity contribution in [2.75, 3.05) is 0 Å². The molecule has 0 aliphatic heterocycles. The first kappa shape index (κ1) is 16.8. The summed E-state index contributed by atoms with van der Waals surface area (Å²) in [6.45, 7) is 0. The highest BCUT2D eigenvalue weighted by Gasteiger charge is 2.23. The van der Waals surface area contributed by atoms with Gasteiger partial charge in [0.1, 0.15) is 11.2 Å². The molecule has 9 aromatic rings. The van der Waals surface area contributed by atoms with Gasteiger partial charge in [-0.25, -0.2) is 0 Å². The monoisotopic (exact) mass is 583 g/mol. The number of rotatable bonds is 4. The Hall–Kier alpha value is -5.92. The average Bonchev–Trinajstić information content (AvgIpc) is 3.63. The molecule has 0 saturated heterocycles. The van der Waals surface area contributed by atoms with Crippen LogP contribution in [-0.4, -0.2) is 0 Å². The van der Waals surface area contributed by atoms with Crippen LogP contribution in [0.3, 0.4) is 0 Å². The summed E-state index contributed by atoms with van der Waals surface area (Å²) < 4.78 is 103. The van der Waals surface area contributed by atoms with E-state index in [0.717, 1.165) is 16.3 Å². The second kappa shape index (κ2) is 10.4. The van der Waals surface area contributed by atoms with E-state index in [-0.39, 0.29) is 63.8 Å². The molecular weight excluding hydrogens is 544 g/mol. The highest BCUT2D eigenvalue weighted by molar-refractivity contribution is 6.25. The number of hydrogen-bond acceptors (Lipinski definition) is 1. The zero-order valence-electron chi connectivity index (χ0n) is 34.7. The van der Waals surface area contributed by atoms with Gasteiger partial charge in [0, 0.05) is 16.3 Å². The molecule has 0 bridgehead atoms. The molecule has 210 valence electrons. The molecule has 0 N–H and O–H groups in total. The third kappa shape index (κ3) is 4.02. The Balaban J connectivity index is 1.48. The van der Waals surface area contributed by atoms with Gasteiger partial charge in [0.05, 0.1) is 15.1 Å². The van der Waals surface area contributed by atoms with E-state index in [1.54, 1.807) is 12.1 Å². The van der Waals surface area contributed by atoms with Gasteiger partial charge in [0.25, 0.3) is 0 Å². The minimum atomic E-state index is -0.477. The Morgan fingerprint density at radius 3 is 1.60 bits per heavy atom. The largest absolute Gasteiger partial charge is 0.455 e. The quantitative estimate of drug-likeness (QED) is 0.188. The number of benzene rings is 8. The zero-order valence-corrected chi connectivity index (χ0v) is 23.7. The predicted molar refractivity (Wildman–Crippen MR) is 190 cm³/mol. The van der Waals surface area contributed by atoms with Crippen molar-refractivity contribution in [2.24, 2.45) is 0 Å². The molecular formula is C44H28O. The predicted octanol–water partition coefficient (Wildman–Crippen LogP) is 12.6. The van der Waals surface area contributed by atoms with Crippen molar-refractivity contribution in [2.45, 2.75) is 0 Å². The maximum Gasteiger partial charge on any atom is 0.143 e. The Bertz CT molecular complexity index is 3070. The molecule has 0 aliphatic carbocycles. The molecule has 0 radical (unpaired) electrons. The Morgan fingerprint density at radius 1 is 0.356 bits per heavy atom. The van der Waals surface area contributed by atoms with Crippen LogP contribution < -0.4 is 0 Å². The fourth-order valence-electron chi connectivity index (χ4n) is 6.48. The second-order valence-electron chi connectivity index (χ2n) is 10.8. The van der Waals surface area contributed by atoms with Crippen LogP contribution in [0.5, 0.6) is 0 Å². The van der Waals surface area contributed by atoms with Gasteiger partial charge < -0.3 is 4.42 Å². The standard InChI is InChI=1S/C44H28O/c1-3-15-29(16-4-1)31-19-7-8-21-33(31)42-34-22-9-11-24-36(34)43(37-25-12-10-23-35(37)42)39-28-27-38-32-20-13-14-26-40(32)45-44(38)41(39)30-17-5-2-6-18-30/h1-28H/i1D,3D,4D,13D,14D,15D,16D,20D,26D,27D,28D. The molecule has 0 amide bonds. The molecule has 1 heterocycles. The smallest absolute Gasteiger partial charge is 0.143 e. The van der Waals surface area contributed by atoms with E-state index >= 15 is 0 Å². The van der Waals surface area contributed by atoms with Crippen molar-refractivity contribution in [3.8, 4) is 44.5 Å². The van der Waals surface area contributed by atoms with Gasteiger partial charge in [0.2, 0.25) is 0 Å². The van der Waals surface area contributed by atoms with Crippen molar-refractivity contribution >= 4 is 43.5 Å². The summed E-state index contributed by atoms with van der Waals surface area (Å²) in [6, 6.07) is 27.7. The lowest BCUT2D eigenvalue weighted by molar-refractivity contribution is 0.670. The number of hydrogen-bond donors (Lipinski definition) is 0. The van der Waals surface area contributed by atoms with Crippen molar-refractivity contribution in [3.05, 3.63) is 170 Å². The summed E-state index contributed by atoms with van der Waals surface area (Å²) in [7, 11) is 0. The van der Waals surface area contributed by atoms with E-state index in [1.807, 2.05) is 91.0 Å². The lowest BCUT2D eigenvalue weighted by Crippen LogP contribution is -1.94. The van der Waals surface area contributed by atoms with Crippen LogP contribution in [0.15, 0.2) is 174 Å². The summed E-state index contributed by atoms with van der Waals surface area (Å²) in [5.41, 5.74) is 4.09. The van der Waals surface area contributed by atoms with Crippen LogP contribution in [0.25, 0.3) is 88.0 Å². The Labute approximate surface area is 277 Å². The zero-order chi connectivity index (χ0) is 39.3. The minimum Gasteiger partial charge on any atom is -0.455 e. The number of furan rings is 1. The molecule has 0 atom stereocenters. The summed E-state index contributed by atoms with van der Waals surface area (Å²) in [5.74, 6) is 0. The van der Waals surface area contributed by atoms with E-state index in [0.29, 0.717) is 44.2 Å². The SMILES string of the molecule is [2H]c1c([2H])c([2H])c(-c2ccccc2-c2c3ccccc3c(-c3c([2H])c([2H])c4c(oc5c([2H])c([2H])c([2H])c([2H])c54)c3-c3ccccc3)c3ccccc23)c([2H])c1[2H]. The molecule has 0 aliphatic rings. The van der Waals surface area contributed by atoms with Gasteiger partial charge in [-0.05, 0) is 72.6 Å². The van der Waals surface area contributed by atoms with Gasteiger partial charge in [-0.2, -0.15) is 0 Å². The van der Waals surface area contributed by atoms with E-state index in [9.17, 15) is 2.74 Å². The fourth-order valence-corrected chi connectivity index (χ4v) is 6.48. The third-order valence-electron chi connectivity index (χ3n) is 8.33. The lowest BCUT2D eigenvalue weighted by Gasteiger charge is -2.21. The molecule has 9 rings (SSSR count). The van der Waals surface area contributed by atoms with Crippen LogP contribution in [0.1, 0.15) is 15.1 Å². The van der Waals surface area contributed by atoms with Crippen molar-refractivity contribution in [3.63, 3.8) is 0 Å². The van der Waals surface area contributed by atoms with Gasteiger partial charge in [-0.1, -0.05) is 158 Å². The Kier molecular flexibility index (Phi) is 3.87. The maximum atomic E-state index is 9.74. The molecule has 1 nitrogen and oxygen atoms in total. The van der Waals surface area contributed by atoms with E-state index < -0.39 is 30.2 Å². The van der Waals surface area contributed by atoms with Gasteiger partial charge in [0.15, 0.2) is 0 Å². The first-order chi connectivity index (χ1) is 26.9. The number of para-hydroxylation sites is 1. The fraction of sp³-hybridized carbons (Fsp3) is 0. The van der Waals surface area contributed by atoms with E-state index in [4.69, 9.17) is 16.8 Å². The van der Waals surface area contributed by atoms with E-state index in [2.05, 4.69) is 0 Å². The second-order valence-corrected chi connectivity index (χ2v) is 10.8. The van der Waals surface area contributed by atoms with Crippen molar-refractivity contribution < 1.29 is 19.5 Å². The lowest BCUT2D eigenvalue weighted by atomic mass is 9.82. The average molecular weight is 584 g/mol. The van der Waals surface area contributed by atoms with E-state index in [1.165, 1.54) is 0 Å². The molecule has 1 aromatic heterocycles. The van der Waals surface area contributed by atoms with Crippen molar-refractivity contribution in [1.29, 1.82) is 0 Å². The van der Waals surface area contributed by atoms with Gasteiger partial charge >= 0.3 is 0 Å². The van der Waals surface area contributed by atoms with Crippen LogP contribution in [-0.2, 0) is 0 Å². The summed E-state index contributed by atoms with van der Waals surface area (Å²) >= 11 is 0. The summed E-state index contributed by atoms with van der Waals surface area (Å²) in [4.78, 5) is 0. The normalized spacial score (nSPS) is 15.0. The molecule has 0 spiro atoms. The highest BCUT2D eigenvalue weighted by atomic mass is 16.3. The van der Waals surface area contributed by atoms with Crippen LogP contribution in [0.2, 0.25) is 0 Å². The first-order valence-corrected chi connectivity index (χ1v) is 14.6. The molecule has 45 heavy (non-hydrogen) atoms. The first-order valence-electron chi connectivity index (χ1n) is 20.1. The highest BCUT2D eigenvalue weighted by Crippen LogP contribution is 2.49. The maximum absolute atomic E-state index is 9.74. The van der Waals surface area contributed by atoms with Gasteiger partial charge in [-0.15, -0.1) is 0 Å². The minimum absolute atomic E-state index is 0.0440. The molecule has 8 aromatic carbocycles. The summed E-state index contributed by atoms with van der Waals surface area (Å²) in [5, 5.41) is 3.08. The molecule has 1 heteroatoms. The van der Waals surface area contributed by atoms with Crippen molar-refractivity contribution in [1.82, 2.24) is 0 Å². The van der Waals surface area contributed by atoms with Crippen LogP contribution in [0.4, 0.5) is 0 Å². The molecule has 0 saturated carbocycles. The van der Waals surface area contributed by atoms with Crippen LogP contribution >= 0.6 is 0 Å². The molecule has 0 fully saturated rings. The van der Waals surface area contributed by atoms with Gasteiger partial charge in [-0.3, -0.25) is 0 Å². The number of fused-ring (bicyclic) bond motifs is 5. The topological polar surface area (TPSA) is 13.1 Å².